The zero-order chi connectivity index (χ0) is 17.2. The summed E-state index contributed by atoms with van der Waals surface area (Å²) in [5, 5.41) is 8.06. The van der Waals surface area contributed by atoms with Crippen molar-refractivity contribution in [2.45, 2.75) is 65.0 Å². The van der Waals surface area contributed by atoms with E-state index in [1.54, 1.807) is 6.92 Å². The highest BCUT2D eigenvalue weighted by molar-refractivity contribution is 5.88. The van der Waals surface area contributed by atoms with Crippen molar-refractivity contribution in [2.75, 3.05) is 13.2 Å². The average Bonchev–Trinajstić information content (AvgIpc) is 2.51. The molecule has 7 nitrogen and oxygen atoms in total. The van der Waals surface area contributed by atoms with Gasteiger partial charge in [0.15, 0.2) is 0 Å². The lowest BCUT2D eigenvalue weighted by atomic mass is 9.94. The van der Waals surface area contributed by atoms with Gasteiger partial charge >= 0.3 is 12.0 Å². The first-order chi connectivity index (χ1) is 10.9. The number of nitrogens with one attached hydrogen (secondary N) is 3. The third kappa shape index (κ3) is 7.34. The minimum absolute atomic E-state index is 0.0491. The van der Waals surface area contributed by atoms with E-state index in [0.29, 0.717) is 0 Å². The topological polar surface area (TPSA) is 96.5 Å². The number of carbonyl (C=O) groups is 3. The molecule has 132 valence electrons. The van der Waals surface area contributed by atoms with Gasteiger partial charge in [0.05, 0.1) is 6.61 Å². The van der Waals surface area contributed by atoms with Gasteiger partial charge in [0.1, 0.15) is 12.6 Å². The van der Waals surface area contributed by atoms with E-state index in [9.17, 15) is 14.4 Å². The van der Waals surface area contributed by atoms with Gasteiger partial charge in [-0.1, -0.05) is 33.1 Å². The van der Waals surface area contributed by atoms with Crippen molar-refractivity contribution in [3.8, 4) is 0 Å². The molecule has 1 unspecified atom stereocenters. The molecule has 0 spiro atoms. The molecule has 3 N–H and O–H groups in total. The largest absolute Gasteiger partial charge is 0.465 e. The van der Waals surface area contributed by atoms with Crippen LogP contribution in [0.3, 0.4) is 0 Å². The van der Waals surface area contributed by atoms with Crippen molar-refractivity contribution in [1.29, 1.82) is 0 Å². The molecule has 7 heteroatoms. The molecule has 1 fully saturated rings. The van der Waals surface area contributed by atoms with Crippen LogP contribution in [0.25, 0.3) is 0 Å². The lowest BCUT2D eigenvalue weighted by Gasteiger charge is -2.27. The molecular formula is C16H29N3O4. The summed E-state index contributed by atoms with van der Waals surface area (Å²) in [6, 6.07) is -0.975. The first-order valence-electron chi connectivity index (χ1n) is 8.44. The Morgan fingerprint density at radius 1 is 1.13 bits per heavy atom. The van der Waals surface area contributed by atoms with Gasteiger partial charge in [-0.15, -0.1) is 0 Å². The Morgan fingerprint density at radius 3 is 2.35 bits per heavy atom. The lowest BCUT2D eigenvalue weighted by molar-refractivity contribution is -0.141. The van der Waals surface area contributed by atoms with Crippen LogP contribution in [-0.4, -0.2) is 43.1 Å². The van der Waals surface area contributed by atoms with Crippen LogP contribution in [0.5, 0.6) is 0 Å². The Hall–Kier alpha value is -1.79. The van der Waals surface area contributed by atoms with Gasteiger partial charge in [-0.25, -0.2) is 4.79 Å². The van der Waals surface area contributed by atoms with Crippen LogP contribution in [0.1, 0.15) is 52.9 Å². The predicted molar refractivity (Wildman–Crippen MR) is 86.8 cm³/mol. The number of hydrogen-bond acceptors (Lipinski definition) is 4. The summed E-state index contributed by atoms with van der Waals surface area (Å²) in [5.74, 6) is -0.722. The molecule has 0 aromatic carbocycles. The van der Waals surface area contributed by atoms with Gasteiger partial charge in [0.25, 0.3) is 0 Å². The minimum Gasteiger partial charge on any atom is -0.465 e. The van der Waals surface area contributed by atoms with Crippen LogP contribution in [0.15, 0.2) is 0 Å². The maximum atomic E-state index is 12.4. The number of esters is 1. The fourth-order valence-corrected chi connectivity index (χ4v) is 2.63. The minimum atomic E-state index is -0.626. The van der Waals surface area contributed by atoms with Gasteiger partial charge in [-0.2, -0.15) is 0 Å². The second-order valence-electron chi connectivity index (χ2n) is 6.20. The van der Waals surface area contributed by atoms with Crippen molar-refractivity contribution in [2.24, 2.45) is 5.92 Å². The summed E-state index contributed by atoms with van der Waals surface area (Å²) < 4.78 is 4.73. The Bertz CT molecular complexity index is 406. The number of carbonyl (C=O) groups excluding carboxylic acids is 3. The SMILES string of the molecule is CCOC(=O)CNC(=O)NC(C(=O)NC1CCCCC1)C(C)C. The zero-order valence-corrected chi connectivity index (χ0v) is 14.3. The summed E-state index contributed by atoms with van der Waals surface area (Å²) in [7, 11) is 0. The van der Waals surface area contributed by atoms with Crippen molar-refractivity contribution in [3.05, 3.63) is 0 Å². The number of urea groups is 1. The molecule has 0 aromatic heterocycles. The highest BCUT2D eigenvalue weighted by Gasteiger charge is 2.26. The summed E-state index contributed by atoms with van der Waals surface area (Å²) in [6.07, 6.45) is 5.46. The molecule has 1 rings (SSSR count). The maximum absolute atomic E-state index is 12.4. The number of amides is 3. The molecule has 0 heterocycles. The van der Waals surface area contributed by atoms with Crippen molar-refractivity contribution in [3.63, 3.8) is 0 Å². The first-order valence-corrected chi connectivity index (χ1v) is 8.44. The lowest BCUT2D eigenvalue weighted by Crippen LogP contribution is -2.54. The van der Waals surface area contributed by atoms with Gasteiger partial charge in [0.2, 0.25) is 5.91 Å². The van der Waals surface area contributed by atoms with E-state index in [1.165, 1.54) is 6.42 Å². The summed E-state index contributed by atoms with van der Waals surface area (Å²) >= 11 is 0. The number of ether oxygens (including phenoxy) is 1. The quantitative estimate of drug-likeness (QED) is 0.614. The van der Waals surface area contributed by atoms with E-state index in [2.05, 4.69) is 16.0 Å². The van der Waals surface area contributed by atoms with E-state index >= 15 is 0 Å². The highest BCUT2D eigenvalue weighted by atomic mass is 16.5. The number of rotatable bonds is 7. The van der Waals surface area contributed by atoms with Crippen LogP contribution in [0.2, 0.25) is 0 Å². The predicted octanol–water partition coefficient (Wildman–Crippen LogP) is 1.32. The van der Waals surface area contributed by atoms with Gasteiger partial charge in [-0.05, 0) is 25.7 Å². The first kappa shape index (κ1) is 19.3. The zero-order valence-electron chi connectivity index (χ0n) is 14.3. The third-order valence-electron chi connectivity index (χ3n) is 3.89. The van der Waals surface area contributed by atoms with Crippen LogP contribution in [0, 0.1) is 5.92 Å². The molecule has 0 aliphatic heterocycles. The van der Waals surface area contributed by atoms with E-state index in [1.807, 2.05) is 13.8 Å². The van der Waals surface area contributed by atoms with E-state index in [0.717, 1.165) is 25.7 Å². The molecule has 0 bridgehead atoms. The van der Waals surface area contributed by atoms with Crippen molar-refractivity contribution in [1.82, 2.24) is 16.0 Å². The average molecular weight is 327 g/mol. The monoisotopic (exact) mass is 327 g/mol. The van der Waals surface area contributed by atoms with Crippen LogP contribution < -0.4 is 16.0 Å². The Kier molecular flexibility index (Phi) is 8.43. The fourth-order valence-electron chi connectivity index (χ4n) is 2.63. The Morgan fingerprint density at radius 2 is 1.78 bits per heavy atom. The van der Waals surface area contributed by atoms with E-state index in [-0.39, 0.29) is 31.0 Å². The standard InChI is InChI=1S/C16H29N3O4/c1-4-23-13(20)10-17-16(22)19-14(11(2)3)15(21)18-12-8-6-5-7-9-12/h11-12,14H,4-10H2,1-3H3,(H,18,21)(H2,17,19,22). The molecule has 1 aliphatic carbocycles. The maximum Gasteiger partial charge on any atom is 0.325 e. The molecule has 1 atom stereocenters. The molecule has 3 amide bonds. The summed E-state index contributed by atoms with van der Waals surface area (Å²) in [6.45, 7) is 5.49. The van der Waals surface area contributed by atoms with Gasteiger partial charge in [-0.3, -0.25) is 9.59 Å². The van der Waals surface area contributed by atoms with E-state index < -0.39 is 18.0 Å². The summed E-state index contributed by atoms with van der Waals surface area (Å²) in [4.78, 5) is 35.5. The van der Waals surface area contributed by atoms with Crippen LogP contribution >= 0.6 is 0 Å². The molecule has 23 heavy (non-hydrogen) atoms. The van der Waals surface area contributed by atoms with Gasteiger partial charge < -0.3 is 20.7 Å². The third-order valence-corrected chi connectivity index (χ3v) is 3.89. The fraction of sp³-hybridized carbons (Fsp3) is 0.812. The molecule has 0 radical (unpaired) electrons. The molecule has 0 aromatic rings. The molecule has 1 aliphatic rings. The van der Waals surface area contributed by atoms with Crippen LogP contribution in [0.4, 0.5) is 4.79 Å². The highest BCUT2D eigenvalue weighted by Crippen LogP contribution is 2.17. The molecule has 0 saturated heterocycles. The molecular weight excluding hydrogens is 298 g/mol. The smallest absolute Gasteiger partial charge is 0.325 e. The normalized spacial score (nSPS) is 16.5. The van der Waals surface area contributed by atoms with Gasteiger partial charge in [0, 0.05) is 6.04 Å². The van der Waals surface area contributed by atoms with E-state index in [4.69, 9.17) is 4.74 Å². The van der Waals surface area contributed by atoms with Crippen molar-refractivity contribution >= 4 is 17.9 Å². The van der Waals surface area contributed by atoms with Crippen LogP contribution in [-0.2, 0) is 14.3 Å². The molecule has 1 saturated carbocycles. The summed E-state index contributed by atoms with van der Waals surface area (Å²) in [5.41, 5.74) is 0. The Labute approximate surface area is 137 Å². The number of hydrogen-bond donors (Lipinski definition) is 3. The Balaban J connectivity index is 2.44. The second-order valence-corrected chi connectivity index (χ2v) is 6.20. The van der Waals surface area contributed by atoms with Crippen molar-refractivity contribution < 1.29 is 19.1 Å². The second kappa shape index (κ2) is 10.1.